The highest BCUT2D eigenvalue weighted by atomic mass is 32.1. The van der Waals surface area contributed by atoms with Crippen molar-refractivity contribution in [3.05, 3.63) is 29.5 Å². The lowest BCUT2D eigenvalue weighted by atomic mass is 10.3. The minimum Gasteiger partial charge on any atom is -0.466 e. The third-order valence-electron chi connectivity index (χ3n) is 2.29. The van der Waals surface area contributed by atoms with E-state index in [4.69, 9.17) is 4.74 Å². The van der Waals surface area contributed by atoms with E-state index in [0.717, 1.165) is 0 Å². The van der Waals surface area contributed by atoms with Gasteiger partial charge in [0.1, 0.15) is 6.54 Å². The number of anilines is 1. The molecule has 0 aliphatic carbocycles. The molecular weight excluding hydrogens is 280 g/mol. The van der Waals surface area contributed by atoms with Crippen LogP contribution < -0.4 is 5.32 Å². The number of rotatable bonds is 6. The maximum atomic E-state index is 11.7. The van der Waals surface area contributed by atoms with Gasteiger partial charge in [0.2, 0.25) is 5.91 Å². The molecule has 8 heteroatoms. The van der Waals surface area contributed by atoms with Crippen molar-refractivity contribution in [1.82, 2.24) is 14.8 Å². The second kappa shape index (κ2) is 6.80. The van der Waals surface area contributed by atoms with Gasteiger partial charge in [0, 0.05) is 17.8 Å². The average molecular weight is 294 g/mol. The predicted octanol–water partition coefficient (Wildman–Crippen LogP) is 1.08. The van der Waals surface area contributed by atoms with Crippen molar-refractivity contribution in [3.8, 4) is 0 Å². The van der Waals surface area contributed by atoms with Gasteiger partial charge in [-0.25, -0.2) is 4.98 Å². The van der Waals surface area contributed by atoms with Crippen molar-refractivity contribution >= 4 is 28.3 Å². The van der Waals surface area contributed by atoms with Crippen LogP contribution >= 0.6 is 11.3 Å². The van der Waals surface area contributed by atoms with Crippen molar-refractivity contribution in [2.24, 2.45) is 0 Å². The van der Waals surface area contributed by atoms with E-state index in [1.165, 1.54) is 16.0 Å². The van der Waals surface area contributed by atoms with Crippen molar-refractivity contribution in [3.63, 3.8) is 0 Å². The molecule has 0 bridgehead atoms. The number of ether oxygens (including phenoxy) is 1. The lowest BCUT2D eigenvalue weighted by Crippen LogP contribution is -2.19. The van der Waals surface area contributed by atoms with Gasteiger partial charge in [-0.15, -0.1) is 11.3 Å². The smallest absolute Gasteiger partial charge is 0.311 e. The molecule has 2 rings (SSSR count). The van der Waals surface area contributed by atoms with E-state index in [0.29, 0.717) is 17.4 Å². The Balaban J connectivity index is 1.86. The first-order chi connectivity index (χ1) is 9.67. The fraction of sp³-hybridized carbons (Fsp3) is 0.333. The standard InChI is InChI=1S/C12H14N4O3S/c1-2-19-11(18)6-9-8-20-12(14-9)15-10(17)7-16-5-3-4-13-16/h3-5,8H,2,6-7H2,1H3,(H,14,15,17). The van der Waals surface area contributed by atoms with E-state index in [1.807, 2.05) is 0 Å². The molecule has 106 valence electrons. The fourth-order valence-electron chi connectivity index (χ4n) is 1.51. The third kappa shape index (κ3) is 4.16. The van der Waals surface area contributed by atoms with Crippen molar-refractivity contribution in [2.45, 2.75) is 19.9 Å². The Morgan fingerprint density at radius 3 is 3.05 bits per heavy atom. The summed E-state index contributed by atoms with van der Waals surface area (Å²) in [6.07, 6.45) is 3.42. The predicted molar refractivity (Wildman–Crippen MR) is 73.3 cm³/mol. The number of thiazole rings is 1. The number of nitrogens with zero attached hydrogens (tertiary/aromatic N) is 3. The number of carbonyl (C=O) groups is 2. The van der Waals surface area contributed by atoms with Crippen molar-refractivity contribution in [2.75, 3.05) is 11.9 Å². The van der Waals surface area contributed by atoms with Gasteiger partial charge in [-0.3, -0.25) is 14.3 Å². The largest absolute Gasteiger partial charge is 0.466 e. The summed E-state index contributed by atoms with van der Waals surface area (Å²) in [7, 11) is 0. The Hall–Kier alpha value is -2.22. The molecule has 1 amide bonds. The SMILES string of the molecule is CCOC(=O)Cc1csc(NC(=O)Cn2cccn2)n1. The molecule has 2 heterocycles. The summed E-state index contributed by atoms with van der Waals surface area (Å²) in [4.78, 5) is 27.2. The van der Waals surface area contributed by atoms with Gasteiger partial charge in [-0.05, 0) is 13.0 Å². The molecule has 7 nitrogen and oxygen atoms in total. The lowest BCUT2D eigenvalue weighted by Gasteiger charge is -2.01. The Bertz CT molecular complexity index is 579. The topological polar surface area (TPSA) is 86.1 Å². The van der Waals surface area contributed by atoms with Gasteiger partial charge in [0.15, 0.2) is 5.13 Å². The summed E-state index contributed by atoms with van der Waals surface area (Å²) < 4.78 is 6.35. The van der Waals surface area contributed by atoms with Crippen LogP contribution in [0.5, 0.6) is 0 Å². The van der Waals surface area contributed by atoms with Gasteiger partial charge in [-0.2, -0.15) is 5.10 Å². The highest BCUT2D eigenvalue weighted by Gasteiger charge is 2.10. The quantitative estimate of drug-likeness (QED) is 0.806. The highest BCUT2D eigenvalue weighted by Crippen LogP contribution is 2.16. The van der Waals surface area contributed by atoms with E-state index >= 15 is 0 Å². The van der Waals surface area contributed by atoms with Gasteiger partial charge in [0.05, 0.1) is 18.7 Å². The third-order valence-corrected chi connectivity index (χ3v) is 3.10. The normalized spacial score (nSPS) is 10.2. The Morgan fingerprint density at radius 2 is 2.35 bits per heavy atom. The molecule has 0 saturated heterocycles. The zero-order chi connectivity index (χ0) is 14.4. The summed E-state index contributed by atoms with van der Waals surface area (Å²) in [6, 6.07) is 1.74. The van der Waals surface area contributed by atoms with Gasteiger partial charge in [-0.1, -0.05) is 0 Å². The molecular formula is C12H14N4O3S. The second-order valence-corrected chi connectivity index (χ2v) is 4.74. The van der Waals surface area contributed by atoms with Gasteiger partial charge >= 0.3 is 5.97 Å². The van der Waals surface area contributed by atoms with Crippen LogP contribution in [0.1, 0.15) is 12.6 Å². The number of hydrogen-bond donors (Lipinski definition) is 1. The van der Waals surface area contributed by atoms with E-state index < -0.39 is 0 Å². The van der Waals surface area contributed by atoms with E-state index in [1.54, 1.807) is 30.8 Å². The molecule has 0 spiro atoms. The molecule has 0 aliphatic rings. The molecule has 0 radical (unpaired) electrons. The highest BCUT2D eigenvalue weighted by molar-refractivity contribution is 7.13. The van der Waals surface area contributed by atoms with Gasteiger partial charge in [0.25, 0.3) is 0 Å². The molecule has 2 aromatic heterocycles. The Labute approximate surface area is 119 Å². The van der Waals surface area contributed by atoms with Crippen LogP contribution in [0.4, 0.5) is 5.13 Å². The minimum absolute atomic E-state index is 0.110. The molecule has 2 aromatic rings. The Morgan fingerprint density at radius 1 is 1.50 bits per heavy atom. The monoisotopic (exact) mass is 294 g/mol. The number of amides is 1. The molecule has 0 saturated carbocycles. The maximum Gasteiger partial charge on any atom is 0.311 e. The van der Waals surface area contributed by atoms with Crippen molar-refractivity contribution < 1.29 is 14.3 Å². The second-order valence-electron chi connectivity index (χ2n) is 3.88. The first kappa shape index (κ1) is 14.2. The molecule has 20 heavy (non-hydrogen) atoms. The summed E-state index contributed by atoms with van der Waals surface area (Å²) in [6.45, 7) is 2.22. The van der Waals surface area contributed by atoms with Crippen LogP contribution in [0, 0.1) is 0 Å². The number of aromatic nitrogens is 3. The van der Waals surface area contributed by atoms with E-state index in [-0.39, 0.29) is 24.8 Å². The molecule has 0 aliphatic heterocycles. The molecule has 1 N–H and O–H groups in total. The average Bonchev–Trinajstić information content (AvgIpc) is 3.02. The number of carbonyl (C=O) groups excluding carboxylic acids is 2. The first-order valence-corrected chi connectivity index (χ1v) is 6.92. The number of nitrogens with one attached hydrogen (secondary N) is 1. The molecule has 0 unspecified atom stereocenters. The van der Waals surface area contributed by atoms with Crippen LogP contribution in [0.25, 0.3) is 0 Å². The summed E-state index contributed by atoms with van der Waals surface area (Å²) in [5.74, 6) is -0.544. The van der Waals surface area contributed by atoms with Crippen molar-refractivity contribution in [1.29, 1.82) is 0 Å². The zero-order valence-electron chi connectivity index (χ0n) is 10.9. The van der Waals surface area contributed by atoms with E-state index in [2.05, 4.69) is 15.4 Å². The van der Waals surface area contributed by atoms with E-state index in [9.17, 15) is 9.59 Å². The van der Waals surface area contributed by atoms with Crippen LogP contribution in [-0.2, 0) is 27.3 Å². The summed E-state index contributed by atoms with van der Waals surface area (Å²) in [5, 5.41) is 8.78. The van der Waals surface area contributed by atoms with Crippen LogP contribution in [0.3, 0.4) is 0 Å². The van der Waals surface area contributed by atoms with Gasteiger partial charge < -0.3 is 10.1 Å². The molecule has 0 fully saturated rings. The molecule has 0 atom stereocenters. The molecule has 0 aromatic carbocycles. The van der Waals surface area contributed by atoms with Crippen LogP contribution in [-0.4, -0.2) is 33.2 Å². The van der Waals surface area contributed by atoms with Crippen LogP contribution in [0.15, 0.2) is 23.8 Å². The summed E-state index contributed by atoms with van der Waals surface area (Å²) >= 11 is 1.27. The minimum atomic E-state index is -0.327. The lowest BCUT2D eigenvalue weighted by molar-refractivity contribution is -0.142. The first-order valence-electron chi connectivity index (χ1n) is 6.04. The fourth-order valence-corrected chi connectivity index (χ4v) is 2.23. The number of hydrogen-bond acceptors (Lipinski definition) is 6. The maximum absolute atomic E-state index is 11.7. The number of esters is 1. The zero-order valence-corrected chi connectivity index (χ0v) is 11.7. The summed E-state index contributed by atoms with van der Waals surface area (Å²) in [5.41, 5.74) is 0.586. The van der Waals surface area contributed by atoms with Crippen LogP contribution in [0.2, 0.25) is 0 Å². The Kier molecular flexibility index (Phi) is 4.83.